The molecule has 0 aromatic heterocycles. The maximum absolute atomic E-state index is 13.8. The van der Waals surface area contributed by atoms with Crippen molar-refractivity contribution in [2.75, 3.05) is 0 Å². The Morgan fingerprint density at radius 1 is 0.523 bits per heavy atom. The van der Waals surface area contributed by atoms with E-state index < -0.39 is 23.7 Å². The van der Waals surface area contributed by atoms with Crippen molar-refractivity contribution in [2.45, 2.75) is 12.8 Å². The first kappa shape index (κ1) is 29.5. The number of hydrogen-bond donors (Lipinski definition) is 1. The molecule has 0 fully saturated rings. The SMILES string of the molecule is O=C(Oc1cc(OC(=O)c2ccccc2)c(C(=O)CCc2ccc(O)cc2)c(OC(=O)c2ccccc2)c1)c1ccccc1. The van der Waals surface area contributed by atoms with E-state index in [-0.39, 0.29) is 58.1 Å². The average Bonchev–Trinajstić information content (AvgIpc) is 3.05. The molecule has 0 aliphatic heterocycles. The fraction of sp³-hybridized carbons (Fsp3) is 0.0556. The molecule has 5 rings (SSSR count). The van der Waals surface area contributed by atoms with Gasteiger partial charge in [0, 0.05) is 18.6 Å². The zero-order chi connectivity index (χ0) is 30.9. The summed E-state index contributed by atoms with van der Waals surface area (Å²) in [6, 6.07) is 33.4. The molecule has 0 atom stereocenters. The minimum absolute atomic E-state index is 0.0559. The maximum atomic E-state index is 13.8. The van der Waals surface area contributed by atoms with Crippen molar-refractivity contribution < 1.29 is 38.5 Å². The highest BCUT2D eigenvalue weighted by Gasteiger charge is 2.26. The number of hydrogen-bond acceptors (Lipinski definition) is 8. The third-order valence-electron chi connectivity index (χ3n) is 6.54. The van der Waals surface area contributed by atoms with Crippen LogP contribution in [-0.2, 0) is 6.42 Å². The number of Topliss-reactive ketones (excluding diaryl/α,β-unsaturated/α-hetero) is 1. The molecule has 0 radical (unpaired) electrons. The lowest BCUT2D eigenvalue weighted by molar-refractivity contribution is 0.0727. The predicted molar refractivity (Wildman–Crippen MR) is 161 cm³/mol. The first-order chi connectivity index (χ1) is 21.4. The van der Waals surface area contributed by atoms with E-state index in [0.29, 0.717) is 0 Å². The number of phenolic OH excluding ortho intramolecular Hbond substituents is 1. The highest BCUT2D eigenvalue weighted by Crippen LogP contribution is 2.37. The molecule has 0 aliphatic rings. The first-order valence-corrected chi connectivity index (χ1v) is 13.7. The summed E-state index contributed by atoms with van der Waals surface area (Å²) in [7, 11) is 0. The van der Waals surface area contributed by atoms with Crippen LogP contribution in [0.3, 0.4) is 0 Å². The van der Waals surface area contributed by atoms with Gasteiger partial charge in [0.2, 0.25) is 0 Å². The highest BCUT2D eigenvalue weighted by atomic mass is 16.6. The maximum Gasteiger partial charge on any atom is 0.343 e. The van der Waals surface area contributed by atoms with E-state index in [4.69, 9.17) is 14.2 Å². The van der Waals surface area contributed by atoms with Gasteiger partial charge in [0.15, 0.2) is 5.78 Å². The van der Waals surface area contributed by atoms with E-state index in [1.54, 1.807) is 103 Å². The number of benzene rings is 5. The number of esters is 3. The van der Waals surface area contributed by atoms with Crippen LogP contribution in [0, 0.1) is 0 Å². The van der Waals surface area contributed by atoms with Crippen molar-refractivity contribution in [2.24, 2.45) is 0 Å². The van der Waals surface area contributed by atoms with Gasteiger partial charge in [0.05, 0.1) is 16.7 Å². The fourth-order valence-electron chi connectivity index (χ4n) is 4.31. The van der Waals surface area contributed by atoms with E-state index in [0.717, 1.165) is 5.56 Å². The molecule has 0 amide bonds. The van der Waals surface area contributed by atoms with Crippen molar-refractivity contribution in [3.63, 3.8) is 0 Å². The van der Waals surface area contributed by atoms with E-state index in [1.165, 1.54) is 24.3 Å². The van der Waals surface area contributed by atoms with Crippen LogP contribution in [0.1, 0.15) is 53.4 Å². The minimum atomic E-state index is -0.773. The largest absolute Gasteiger partial charge is 0.508 e. The molecule has 0 unspecified atom stereocenters. The monoisotopic (exact) mass is 586 g/mol. The molecule has 0 saturated carbocycles. The second-order valence-electron chi connectivity index (χ2n) is 9.65. The number of ether oxygens (including phenoxy) is 3. The first-order valence-electron chi connectivity index (χ1n) is 13.7. The van der Waals surface area contributed by atoms with Gasteiger partial charge in [0.1, 0.15) is 28.6 Å². The Morgan fingerprint density at radius 3 is 1.36 bits per heavy atom. The molecule has 218 valence electrons. The average molecular weight is 587 g/mol. The Balaban J connectivity index is 1.56. The summed E-state index contributed by atoms with van der Waals surface area (Å²) in [5.41, 5.74) is 1.29. The van der Waals surface area contributed by atoms with Crippen LogP contribution in [-0.4, -0.2) is 28.8 Å². The van der Waals surface area contributed by atoms with Crippen LogP contribution in [0.5, 0.6) is 23.0 Å². The molecule has 0 heterocycles. The van der Waals surface area contributed by atoms with E-state index in [2.05, 4.69) is 0 Å². The van der Waals surface area contributed by atoms with E-state index in [1.807, 2.05) is 0 Å². The number of aryl methyl sites for hydroxylation is 1. The molecule has 0 aliphatic carbocycles. The summed E-state index contributed by atoms with van der Waals surface area (Å²) >= 11 is 0. The number of phenols is 1. The second kappa shape index (κ2) is 13.8. The van der Waals surface area contributed by atoms with Gasteiger partial charge in [-0.1, -0.05) is 66.7 Å². The van der Waals surface area contributed by atoms with Gasteiger partial charge in [-0.05, 0) is 60.5 Å². The molecular weight excluding hydrogens is 560 g/mol. The van der Waals surface area contributed by atoms with Crippen molar-refractivity contribution in [1.82, 2.24) is 0 Å². The molecule has 5 aromatic rings. The van der Waals surface area contributed by atoms with Crippen LogP contribution in [0.2, 0.25) is 0 Å². The summed E-state index contributed by atoms with van der Waals surface area (Å²) in [5.74, 6) is -3.27. The third-order valence-corrected chi connectivity index (χ3v) is 6.54. The van der Waals surface area contributed by atoms with Crippen LogP contribution in [0.15, 0.2) is 127 Å². The van der Waals surface area contributed by atoms with Gasteiger partial charge in [-0.15, -0.1) is 0 Å². The minimum Gasteiger partial charge on any atom is -0.508 e. The number of aromatic hydroxyl groups is 1. The van der Waals surface area contributed by atoms with Gasteiger partial charge < -0.3 is 19.3 Å². The number of rotatable bonds is 10. The summed E-state index contributed by atoms with van der Waals surface area (Å²) in [6.07, 6.45) is 0.224. The third kappa shape index (κ3) is 7.43. The molecule has 8 heteroatoms. The van der Waals surface area contributed by atoms with Crippen molar-refractivity contribution in [3.05, 3.63) is 155 Å². The Hall–Kier alpha value is -6.02. The lowest BCUT2D eigenvalue weighted by Gasteiger charge is -2.16. The summed E-state index contributed by atoms with van der Waals surface area (Å²) in [6.45, 7) is 0. The quantitative estimate of drug-likeness (QED) is 0.107. The Morgan fingerprint density at radius 2 is 0.932 bits per heavy atom. The lowest BCUT2D eigenvalue weighted by atomic mass is 10.0. The zero-order valence-corrected chi connectivity index (χ0v) is 23.3. The van der Waals surface area contributed by atoms with Gasteiger partial charge >= 0.3 is 17.9 Å². The van der Waals surface area contributed by atoms with Crippen LogP contribution in [0.4, 0.5) is 0 Å². The number of ketones is 1. The lowest BCUT2D eigenvalue weighted by Crippen LogP contribution is -2.17. The Bertz CT molecular complexity index is 1710. The van der Waals surface area contributed by atoms with E-state index >= 15 is 0 Å². The molecule has 0 saturated heterocycles. The molecule has 1 N–H and O–H groups in total. The Labute approximate surface area is 253 Å². The molecule has 5 aromatic carbocycles. The topological polar surface area (TPSA) is 116 Å². The van der Waals surface area contributed by atoms with Crippen LogP contribution >= 0.6 is 0 Å². The van der Waals surface area contributed by atoms with Crippen LogP contribution in [0.25, 0.3) is 0 Å². The van der Waals surface area contributed by atoms with Crippen LogP contribution < -0.4 is 14.2 Å². The van der Waals surface area contributed by atoms with Crippen molar-refractivity contribution in [3.8, 4) is 23.0 Å². The fourth-order valence-corrected chi connectivity index (χ4v) is 4.31. The summed E-state index contributed by atoms with van der Waals surface area (Å²) in [4.78, 5) is 53.0. The standard InChI is InChI=1S/C36H26O8/c37-28-19-16-24(17-20-28)18-21-30(38)33-31(43-35(40)26-12-6-2-7-13-26)22-29(42-34(39)25-10-4-1-5-11-25)23-32(33)44-36(41)27-14-8-3-9-15-27/h1-17,19-20,22-23,37H,18,21H2. The zero-order valence-electron chi connectivity index (χ0n) is 23.3. The smallest absolute Gasteiger partial charge is 0.343 e. The summed E-state index contributed by atoms with van der Waals surface area (Å²) < 4.78 is 17.0. The molecule has 44 heavy (non-hydrogen) atoms. The highest BCUT2D eigenvalue weighted by molar-refractivity contribution is 6.04. The molecule has 0 bridgehead atoms. The van der Waals surface area contributed by atoms with Crippen molar-refractivity contribution in [1.29, 1.82) is 0 Å². The summed E-state index contributed by atoms with van der Waals surface area (Å²) in [5, 5.41) is 9.60. The number of carbonyl (C=O) groups is 4. The predicted octanol–water partition coefficient (Wildman–Crippen LogP) is 6.87. The normalized spacial score (nSPS) is 10.5. The second-order valence-corrected chi connectivity index (χ2v) is 9.65. The van der Waals surface area contributed by atoms with Gasteiger partial charge in [-0.2, -0.15) is 0 Å². The molecular formula is C36H26O8. The van der Waals surface area contributed by atoms with Gasteiger partial charge in [0.25, 0.3) is 0 Å². The Kier molecular flexibility index (Phi) is 9.22. The van der Waals surface area contributed by atoms with Gasteiger partial charge in [-0.3, -0.25) is 4.79 Å². The van der Waals surface area contributed by atoms with E-state index in [9.17, 15) is 24.3 Å². The molecule has 0 spiro atoms. The number of carbonyl (C=O) groups excluding carboxylic acids is 4. The molecule has 8 nitrogen and oxygen atoms in total. The van der Waals surface area contributed by atoms with Crippen molar-refractivity contribution >= 4 is 23.7 Å². The van der Waals surface area contributed by atoms with Gasteiger partial charge in [-0.25, -0.2) is 14.4 Å².